The minimum absolute atomic E-state index is 0.0151. The van der Waals surface area contributed by atoms with E-state index in [9.17, 15) is 18.0 Å². The van der Waals surface area contributed by atoms with Crippen LogP contribution in [-0.4, -0.2) is 80.5 Å². The van der Waals surface area contributed by atoms with Crippen molar-refractivity contribution in [1.29, 1.82) is 0 Å². The summed E-state index contributed by atoms with van der Waals surface area (Å²) in [5.41, 5.74) is 0.730. The van der Waals surface area contributed by atoms with E-state index in [0.717, 1.165) is 63.3 Å². The van der Waals surface area contributed by atoms with Crippen LogP contribution in [-0.2, 0) is 19.4 Å². The lowest BCUT2D eigenvalue weighted by Crippen LogP contribution is -2.56. The van der Waals surface area contributed by atoms with Crippen molar-refractivity contribution in [3.05, 3.63) is 10.6 Å². The highest BCUT2D eigenvalue weighted by Crippen LogP contribution is 2.41. The summed E-state index contributed by atoms with van der Waals surface area (Å²) in [6, 6.07) is 0.0786. The predicted molar refractivity (Wildman–Crippen MR) is 110 cm³/mol. The summed E-state index contributed by atoms with van der Waals surface area (Å²) in [4.78, 5) is 31.5. The molecule has 29 heavy (non-hydrogen) atoms. The molecule has 0 N–H and O–H groups in total. The highest BCUT2D eigenvalue weighted by Gasteiger charge is 2.46. The van der Waals surface area contributed by atoms with Gasteiger partial charge in [-0.15, -0.1) is 0 Å². The molecule has 2 saturated carbocycles. The van der Waals surface area contributed by atoms with Gasteiger partial charge in [-0.05, 0) is 25.7 Å². The zero-order valence-corrected chi connectivity index (χ0v) is 18.4. The SMILES string of the molecule is CN1C(=O)C(S(C)(=O)=O)=C(N2CCN(C(=O)C3CCCC3)CC2)C2CCCCC21. The molecule has 7 nitrogen and oxygen atoms in total. The number of fused-ring (bicyclic) bond motifs is 1. The van der Waals surface area contributed by atoms with Crippen LogP contribution in [0, 0.1) is 11.8 Å². The van der Waals surface area contributed by atoms with E-state index in [1.807, 2.05) is 4.90 Å². The molecule has 162 valence electrons. The van der Waals surface area contributed by atoms with Gasteiger partial charge in [0.2, 0.25) is 5.91 Å². The quantitative estimate of drug-likeness (QED) is 0.689. The first-order valence-corrected chi connectivity index (χ1v) is 12.9. The summed E-state index contributed by atoms with van der Waals surface area (Å²) in [6.45, 7) is 2.43. The average Bonchev–Trinajstić information content (AvgIpc) is 3.24. The summed E-state index contributed by atoms with van der Waals surface area (Å²) in [5.74, 6) is 0.137. The molecule has 0 bridgehead atoms. The summed E-state index contributed by atoms with van der Waals surface area (Å²) in [5, 5.41) is 0. The molecular formula is C21H33N3O4S. The molecule has 1 saturated heterocycles. The maximum absolute atomic E-state index is 13.0. The van der Waals surface area contributed by atoms with Crippen molar-refractivity contribution >= 4 is 21.7 Å². The van der Waals surface area contributed by atoms with Gasteiger partial charge in [-0.2, -0.15) is 0 Å². The highest BCUT2D eigenvalue weighted by atomic mass is 32.2. The van der Waals surface area contributed by atoms with Gasteiger partial charge in [-0.1, -0.05) is 25.7 Å². The van der Waals surface area contributed by atoms with E-state index in [4.69, 9.17) is 0 Å². The van der Waals surface area contributed by atoms with Crippen molar-refractivity contribution in [2.75, 3.05) is 39.5 Å². The number of hydrogen-bond donors (Lipinski definition) is 0. The van der Waals surface area contributed by atoms with Crippen LogP contribution < -0.4 is 0 Å². The minimum Gasteiger partial charge on any atom is -0.370 e. The molecule has 2 unspecified atom stereocenters. The van der Waals surface area contributed by atoms with E-state index in [-0.39, 0.29) is 34.6 Å². The first-order valence-electron chi connectivity index (χ1n) is 11.0. The fourth-order valence-electron chi connectivity index (χ4n) is 5.81. The molecule has 2 amide bonds. The van der Waals surface area contributed by atoms with Gasteiger partial charge in [0.1, 0.15) is 0 Å². The van der Waals surface area contributed by atoms with Crippen LogP contribution in [0.2, 0.25) is 0 Å². The number of carbonyl (C=O) groups is 2. The lowest BCUT2D eigenvalue weighted by molar-refractivity contribution is -0.137. The van der Waals surface area contributed by atoms with E-state index in [0.29, 0.717) is 26.2 Å². The summed E-state index contributed by atoms with van der Waals surface area (Å²) < 4.78 is 25.2. The molecule has 4 rings (SSSR count). The largest absolute Gasteiger partial charge is 0.370 e. The fourth-order valence-corrected chi connectivity index (χ4v) is 6.93. The van der Waals surface area contributed by atoms with Gasteiger partial charge in [0.15, 0.2) is 14.7 Å². The smallest absolute Gasteiger partial charge is 0.267 e. The van der Waals surface area contributed by atoms with Crippen LogP contribution in [0.4, 0.5) is 0 Å². The van der Waals surface area contributed by atoms with Crippen LogP contribution >= 0.6 is 0 Å². The Morgan fingerprint density at radius 3 is 2.14 bits per heavy atom. The Bertz CT molecular complexity index is 808. The van der Waals surface area contributed by atoms with E-state index in [1.165, 1.54) is 0 Å². The Balaban J connectivity index is 1.60. The average molecular weight is 424 g/mol. The van der Waals surface area contributed by atoms with Crippen LogP contribution in [0.5, 0.6) is 0 Å². The topological polar surface area (TPSA) is 78.0 Å². The maximum Gasteiger partial charge on any atom is 0.267 e. The van der Waals surface area contributed by atoms with Crippen LogP contribution in [0.25, 0.3) is 0 Å². The predicted octanol–water partition coefficient (Wildman–Crippen LogP) is 1.61. The Morgan fingerprint density at radius 1 is 0.931 bits per heavy atom. The van der Waals surface area contributed by atoms with Crippen LogP contribution in [0.3, 0.4) is 0 Å². The molecular weight excluding hydrogens is 390 g/mol. The lowest BCUT2D eigenvalue weighted by Gasteiger charge is -2.48. The first kappa shape index (κ1) is 20.7. The van der Waals surface area contributed by atoms with Crippen molar-refractivity contribution in [2.24, 2.45) is 11.8 Å². The third-order valence-corrected chi connectivity index (χ3v) is 8.46. The molecule has 0 radical (unpaired) electrons. The third kappa shape index (κ3) is 3.80. The molecule has 0 spiro atoms. The van der Waals surface area contributed by atoms with E-state index in [1.54, 1.807) is 11.9 Å². The van der Waals surface area contributed by atoms with Crippen molar-refractivity contribution < 1.29 is 18.0 Å². The number of piperazine rings is 1. The van der Waals surface area contributed by atoms with Gasteiger partial charge in [-0.3, -0.25) is 9.59 Å². The van der Waals surface area contributed by atoms with Crippen molar-refractivity contribution in [2.45, 2.75) is 57.4 Å². The molecule has 2 aliphatic heterocycles. The third-order valence-electron chi connectivity index (χ3n) is 7.33. The molecule has 0 aromatic heterocycles. The number of likely N-dealkylation sites (N-methyl/N-ethyl adjacent to an activating group) is 1. The zero-order chi connectivity index (χ0) is 20.8. The highest BCUT2D eigenvalue weighted by molar-refractivity contribution is 7.95. The van der Waals surface area contributed by atoms with Gasteiger partial charge in [0, 0.05) is 63.1 Å². The fraction of sp³-hybridized carbons (Fsp3) is 0.810. The summed E-state index contributed by atoms with van der Waals surface area (Å²) in [6.07, 6.45) is 9.38. The molecule has 2 atom stereocenters. The molecule has 8 heteroatoms. The Kier molecular flexibility index (Phi) is 5.66. The van der Waals surface area contributed by atoms with Crippen molar-refractivity contribution in [3.63, 3.8) is 0 Å². The van der Waals surface area contributed by atoms with E-state index >= 15 is 0 Å². The number of carbonyl (C=O) groups excluding carboxylic acids is 2. The molecule has 4 aliphatic rings. The first-order chi connectivity index (χ1) is 13.8. The molecule has 2 aliphatic carbocycles. The van der Waals surface area contributed by atoms with Crippen molar-refractivity contribution in [3.8, 4) is 0 Å². The van der Waals surface area contributed by atoms with E-state index in [2.05, 4.69) is 4.90 Å². The minimum atomic E-state index is -3.63. The van der Waals surface area contributed by atoms with Gasteiger partial charge < -0.3 is 14.7 Å². The molecule has 3 fully saturated rings. The molecule has 0 aromatic rings. The second-order valence-corrected chi connectivity index (χ2v) is 11.1. The standard InChI is InChI=1S/C21H33N3O4S/c1-22-17-10-6-5-9-16(17)18(19(21(22)26)29(2,27)28)23-11-13-24(14-12-23)20(25)15-7-3-4-8-15/h15-17H,3-14H2,1-2H3. The molecule has 2 heterocycles. The van der Waals surface area contributed by atoms with Gasteiger partial charge >= 0.3 is 0 Å². The van der Waals surface area contributed by atoms with Crippen LogP contribution in [0.1, 0.15) is 51.4 Å². The second-order valence-electron chi connectivity index (χ2n) is 9.15. The van der Waals surface area contributed by atoms with Gasteiger partial charge in [0.25, 0.3) is 5.91 Å². The number of sulfone groups is 1. The molecule has 0 aromatic carbocycles. The van der Waals surface area contributed by atoms with Crippen molar-refractivity contribution in [1.82, 2.24) is 14.7 Å². The number of hydrogen-bond acceptors (Lipinski definition) is 5. The van der Waals surface area contributed by atoms with Crippen LogP contribution in [0.15, 0.2) is 10.6 Å². The Morgan fingerprint density at radius 2 is 1.52 bits per heavy atom. The maximum atomic E-state index is 13.0. The van der Waals surface area contributed by atoms with Gasteiger partial charge in [-0.25, -0.2) is 8.42 Å². The number of rotatable bonds is 3. The number of nitrogens with zero attached hydrogens (tertiary/aromatic N) is 3. The van der Waals surface area contributed by atoms with E-state index < -0.39 is 9.84 Å². The normalized spacial score (nSPS) is 29.4. The number of amides is 2. The summed E-state index contributed by atoms with van der Waals surface area (Å²) >= 11 is 0. The Hall–Kier alpha value is -1.57. The monoisotopic (exact) mass is 423 g/mol. The van der Waals surface area contributed by atoms with Gasteiger partial charge in [0.05, 0.1) is 0 Å². The Labute approximate surface area is 174 Å². The zero-order valence-electron chi connectivity index (χ0n) is 17.6. The lowest BCUT2D eigenvalue weighted by atomic mass is 9.78. The second kappa shape index (κ2) is 7.93. The summed E-state index contributed by atoms with van der Waals surface area (Å²) in [7, 11) is -1.89.